The average Bonchev–Trinajstić information content (AvgIpc) is 2.47. The summed E-state index contributed by atoms with van der Waals surface area (Å²) in [5, 5.41) is 5.48. The van der Waals surface area contributed by atoms with Gasteiger partial charge < -0.3 is 10.6 Å². The van der Waals surface area contributed by atoms with Crippen LogP contribution in [0.25, 0.3) is 6.08 Å². The highest BCUT2D eigenvalue weighted by molar-refractivity contribution is 5.99. The summed E-state index contributed by atoms with van der Waals surface area (Å²) in [6.45, 7) is 1.50. The molecule has 0 atom stereocenters. The molecule has 2 aromatic rings. The maximum absolute atomic E-state index is 11.8. The summed E-state index contributed by atoms with van der Waals surface area (Å²) < 4.78 is 0. The van der Waals surface area contributed by atoms with E-state index >= 15 is 0 Å². The van der Waals surface area contributed by atoms with E-state index in [9.17, 15) is 9.59 Å². The molecule has 2 N–H and O–H groups in total. The number of urea groups is 1. The quantitative estimate of drug-likeness (QED) is 0.833. The minimum atomic E-state index is -0.298. The molecule has 0 radical (unpaired) electrons. The van der Waals surface area contributed by atoms with Crippen LogP contribution in [0.2, 0.25) is 0 Å². The van der Waals surface area contributed by atoms with Crippen molar-refractivity contribution in [2.75, 3.05) is 10.6 Å². The highest BCUT2D eigenvalue weighted by Gasteiger charge is 2.01. The zero-order chi connectivity index (χ0) is 15.1. The normalized spacial score (nSPS) is 10.3. The Kier molecular flexibility index (Phi) is 4.88. The Morgan fingerprint density at radius 1 is 0.857 bits per heavy atom. The molecular weight excluding hydrogens is 264 g/mol. The Bertz CT molecular complexity index is 646. The molecule has 0 heterocycles. The van der Waals surface area contributed by atoms with Crippen molar-refractivity contribution in [3.05, 3.63) is 66.2 Å². The van der Waals surface area contributed by atoms with Gasteiger partial charge in [-0.2, -0.15) is 0 Å². The van der Waals surface area contributed by atoms with Gasteiger partial charge in [-0.05, 0) is 42.8 Å². The van der Waals surface area contributed by atoms with Crippen molar-refractivity contribution in [1.82, 2.24) is 0 Å². The van der Waals surface area contributed by atoms with E-state index in [2.05, 4.69) is 10.6 Å². The summed E-state index contributed by atoms with van der Waals surface area (Å²) in [6.07, 6.45) is 3.24. The van der Waals surface area contributed by atoms with Gasteiger partial charge in [0.1, 0.15) is 0 Å². The van der Waals surface area contributed by atoms with E-state index in [1.165, 1.54) is 13.0 Å². The van der Waals surface area contributed by atoms with Crippen molar-refractivity contribution in [2.45, 2.75) is 6.92 Å². The molecule has 4 heteroatoms. The molecule has 2 amide bonds. The number of amides is 2. The van der Waals surface area contributed by atoms with Crippen LogP contribution in [0.3, 0.4) is 0 Å². The molecule has 0 unspecified atom stereocenters. The second kappa shape index (κ2) is 7.05. The van der Waals surface area contributed by atoms with Crippen LogP contribution in [0.15, 0.2) is 60.7 Å². The van der Waals surface area contributed by atoms with Crippen molar-refractivity contribution in [3.63, 3.8) is 0 Å². The van der Waals surface area contributed by atoms with Gasteiger partial charge in [0, 0.05) is 11.4 Å². The van der Waals surface area contributed by atoms with Crippen molar-refractivity contribution in [3.8, 4) is 0 Å². The van der Waals surface area contributed by atoms with Gasteiger partial charge in [0.25, 0.3) is 0 Å². The molecule has 2 aromatic carbocycles. The summed E-state index contributed by atoms with van der Waals surface area (Å²) >= 11 is 0. The lowest BCUT2D eigenvalue weighted by atomic mass is 10.2. The largest absolute Gasteiger partial charge is 0.323 e. The van der Waals surface area contributed by atoms with Gasteiger partial charge in [0.05, 0.1) is 0 Å². The first-order chi connectivity index (χ1) is 10.1. The first-order valence-corrected chi connectivity index (χ1v) is 6.55. The topological polar surface area (TPSA) is 58.2 Å². The summed E-state index contributed by atoms with van der Waals surface area (Å²) in [4.78, 5) is 22.7. The van der Waals surface area contributed by atoms with Gasteiger partial charge in [-0.15, -0.1) is 0 Å². The molecule has 0 spiro atoms. The van der Waals surface area contributed by atoms with E-state index < -0.39 is 0 Å². The smallest absolute Gasteiger partial charge is 0.308 e. The molecule has 2 rings (SSSR count). The first-order valence-electron chi connectivity index (χ1n) is 6.55. The summed E-state index contributed by atoms with van der Waals surface area (Å²) in [6, 6.07) is 16.1. The van der Waals surface area contributed by atoms with Gasteiger partial charge in [-0.1, -0.05) is 36.4 Å². The third kappa shape index (κ3) is 4.95. The number of nitrogens with one attached hydrogen (secondary N) is 2. The highest BCUT2D eigenvalue weighted by atomic mass is 16.2. The zero-order valence-corrected chi connectivity index (χ0v) is 11.7. The molecule has 0 saturated heterocycles. The molecule has 4 nitrogen and oxygen atoms in total. The Morgan fingerprint density at radius 2 is 1.43 bits per heavy atom. The predicted octanol–water partition coefficient (Wildman–Crippen LogP) is 3.93. The molecule has 0 aliphatic rings. The minimum absolute atomic E-state index is 0.000518. The molecule has 21 heavy (non-hydrogen) atoms. The van der Waals surface area contributed by atoms with Crippen LogP contribution in [0.1, 0.15) is 12.5 Å². The SMILES string of the molecule is CC(=O)/C=C/c1ccc(NC(=O)Nc2ccccc2)cc1. The number of anilines is 2. The Morgan fingerprint density at radius 3 is 2.00 bits per heavy atom. The molecule has 0 bridgehead atoms. The monoisotopic (exact) mass is 280 g/mol. The van der Waals surface area contributed by atoms with Crippen LogP contribution in [0.5, 0.6) is 0 Å². The lowest BCUT2D eigenvalue weighted by molar-refractivity contribution is -0.112. The van der Waals surface area contributed by atoms with Crippen LogP contribution in [-0.2, 0) is 4.79 Å². The number of hydrogen-bond acceptors (Lipinski definition) is 2. The third-order valence-corrected chi connectivity index (χ3v) is 2.71. The van der Waals surface area contributed by atoms with E-state index in [1.807, 2.05) is 42.5 Å². The second-order valence-electron chi connectivity index (χ2n) is 4.51. The Labute approximate surface area is 123 Å². The summed E-state index contributed by atoms with van der Waals surface area (Å²) in [7, 11) is 0. The van der Waals surface area contributed by atoms with Gasteiger partial charge >= 0.3 is 6.03 Å². The standard InChI is InChI=1S/C17H16N2O2/c1-13(20)7-8-14-9-11-16(12-10-14)19-17(21)18-15-5-3-2-4-6-15/h2-12H,1H3,(H2,18,19,21)/b8-7+. The number of rotatable bonds is 4. The van der Waals surface area contributed by atoms with Crippen molar-refractivity contribution < 1.29 is 9.59 Å². The fourth-order valence-electron chi connectivity index (χ4n) is 1.71. The van der Waals surface area contributed by atoms with Crippen LogP contribution in [0, 0.1) is 0 Å². The molecule has 0 fully saturated rings. The number of carbonyl (C=O) groups is 2. The van der Waals surface area contributed by atoms with Gasteiger partial charge in [-0.3, -0.25) is 4.79 Å². The van der Waals surface area contributed by atoms with Crippen molar-refractivity contribution in [1.29, 1.82) is 0 Å². The lowest BCUT2D eigenvalue weighted by Crippen LogP contribution is -2.19. The first kappa shape index (κ1) is 14.5. The Balaban J connectivity index is 1.94. The number of hydrogen-bond donors (Lipinski definition) is 2. The summed E-state index contributed by atoms with van der Waals surface area (Å²) in [5.41, 5.74) is 2.32. The molecule has 0 aliphatic carbocycles. The highest BCUT2D eigenvalue weighted by Crippen LogP contribution is 2.12. The van der Waals surface area contributed by atoms with Gasteiger partial charge in [-0.25, -0.2) is 4.79 Å². The van der Waals surface area contributed by atoms with Crippen LogP contribution in [0.4, 0.5) is 16.2 Å². The molecular formula is C17H16N2O2. The fourth-order valence-corrected chi connectivity index (χ4v) is 1.71. The molecule has 106 valence electrons. The average molecular weight is 280 g/mol. The van der Waals surface area contributed by atoms with Gasteiger partial charge in [0.15, 0.2) is 5.78 Å². The van der Waals surface area contributed by atoms with E-state index in [-0.39, 0.29) is 11.8 Å². The maximum Gasteiger partial charge on any atom is 0.323 e. The summed E-state index contributed by atoms with van der Waals surface area (Å²) in [5.74, 6) is -0.000518. The lowest BCUT2D eigenvalue weighted by Gasteiger charge is -2.07. The molecule has 0 saturated carbocycles. The minimum Gasteiger partial charge on any atom is -0.308 e. The maximum atomic E-state index is 11.8. The third-order valence-electron chi connectivity index (χ3n) is 2.71. The predicted molar refractivity (Wildman–Crippen MR) is 85.2 cm³/mol. The fraction of sp³-hybridized carbons (Fsp3) is 0.0588. The van der Waals surface area contributed by atoms with Crippen LogP contribution >= 0.6 is 0 Å². The number of ketones is 1. The van der Waals surface area contributed by atoms with Crippen molar-refractivity contribution >= 4 is 29.3 Å². The Hall–Kier alpha value is -2.88. The number of benzene rings is 2. The van der Waals surface area contributed by atoms with Crippen LogP contribution < -0.4 is 10.6 Å². The van der Waals surface area contributed by atoms with Gasteiger partial charge in [0.2, 0.25) is 0 Å². The molecule has 0 aliphatic heterocycles. The van der Waals surface area contributed by atoms with E-state index in [0.717, 1.165) is 11.3 Å². The second-order valence-corrected chi connectivity index (χ2v) is 4.51. The van der Waals surface area contributed by atoms with E-state index in [4.69, 9.17) is 0 Å². The van der Waals surface area contributed by atoms with E-state index in [1.54, 1.807) is 18.2 Å². The van der Waals surface area contributed by atoms with Crippen molar-refractivity contribution in [2.24, 2.45) is 0 Å². The van der Waals surface area contributed by atoms with E-state index in [0.29, 0.717) is 5.69 Å². The number of allylic oxidation sites excluding steroid dienone is 1. The molecule has 0 aromatic heterocycles. The van der Waals surface area contributed by atoms with Crippen LogP contribution in [-0.4, -0.2) is 11.8 Å². The number of para-hydroxylation sites is 1. The number of carbonyl (C=O) groups excluding carboxylic acids is 2. The zero-order valence-electron chi connectivity index (χ0n) is 11.7.